The molecule has 0 aliphatic carbocycles. The van der Waals surface area contributed by atoms with Crippen molar-refractivity contribution in [2.24, 2.45) is 5.92 Å². The van der Waals surface area contributed by atoms with Crippen LogP contribution < -0.4 is 9.64 Å². The third-order valence-electron chi connectivity index (χ3n) is 6.52. The molecule has 0 spiro atoms. The van der Waals surface area contributed by atoms with Gasteiger partial charge >= 0.3 is 0 Å². The van der Waals surface area contributed by atoms with E-state index in [0.29, 0.717) is 47.6 Å². The number of para-hydroxylation sites is 1. The Morgan fingerprint density at radius 2 is 1.97 bits per heavy atom. The molecule has 3 aromatic rings. The van der Waals surface area contributed by atoms with Crippen molar-refractivity contribution in [1.82, 2.24) is 14.2 Å². The number of carbonyl (C=O) groups is 1. The van der Waals surface area contributed by atoms with Gasteiger partial charge in [-0.15, -0.1) is 11.3 Å². The molecule has 1 fully saturated rings. The first-order chi connectivity index (χ1) is 17.4. The number of thiazole rings is 1. The van der Waals surface area contributed by atoms with Gasteiger partial charge in [0.1, 0.15) is 15.5 Å². The minimum atomic E-state index is -3.60. The number of sulfonamides is 1. The van der Waals surface area contributed by atoms with E-state index in [0.717, 1.165) is 29.9 Å². The van der Waals surface area contributed by atoms with Crippen molar-refractivity contribution in [2.75, 3.05) is 50.8 Å². The lowest BCUT2D eigenvalue weighted by atomic mass is 9.98. The summed E-state index contributed by atoms with van der Waals surface area (Å²) in [6, 6.07) is 9.18. The monoisotopic (exact) mass is 550 g/mol. The lowest BCUT2D eigenvalue weighted by molar-refractivity contribution is -0.123. The topological polar surface area (TPSA) is 83.0 Å². The smallest absolute Gasteiger partial charge is 0.252 e. The number of piperidine rings is 1. The van der Waals surface area contributed by atoms with Gasteiger partial charge in [-0.3, -0.25) is 9.69 Å². The number of aromatic nitrogens is 1. The van der Waals surface area contributed by atoms with Gasteiger partial charge in [0.2, 0.25) is 5.91 Å². The minimum Gasteiger partial charge on any atom is -0.492 e. The molecule has 0 N–H and O–H groups in total. The highest BCUT2D eigenvalue weighted by Gasteiger charge is 2.36. The highest BCUT2D eigenvalue weighted by atomic mass is 32.2. The molecule has 1 aliphatic rings. The molecule has 3 heterocycles. The fourth-order valence-corrected chi connectivity index (χ4v) is 8.18. The summed E-state index contributed by atoms with van der Waals surface area (Å²) >= 11 is 2.68. The number of amides is 1. The Kier molecular flexibility index (Phi) is 9.00. The second-order valence-electron chi connectivity index (χ2n) is 8.68. The third kappa shape index (κ3) is 5.75. The summed E-state index contributed by atoms with van der Waals surface area (Å²) in [6.07, 6.45) is 1.31. The quantitative estimate of drug-likeness (QED) is 0.349. The summed E-state index contributed by atoms with van der Waals surface area (Å²) in [5.41, 5.74) is 0.755. The molecule has 0 radical (unpaired) electrons. The van der Waals surface area contributed by atoms with Crippen molar-refractivity contribution in [2.45, 2.75) is 37.8 Å². The van der Waals surface area contributed by atoms with Crippen LogP contribution in [0, 0.1) is 5.92 Å². The van der Waals surface area contributed by atoms with Gasteiger partial charge in [0.25, 0.3) is 10.0 Å². The van der Waals surface area contributed by atoms with E-state index in [4.69, 9.17) is 9.72 Å². The normalized spacial score (nSPS) is 17.1. The molecule has 8 nitrogen and oxygen atoms in total. The molecule has 36 heavy (non-hydrogen) atoms. The highest BCUT2D eigenvalue weighted by molar-refractivity contribution is 7.91. The molecule has 1 atom stereocenters. The first-order valence-electron chi connectivity index (χ1n) is 12.5. The van der Waals surface area contributed by atoms with Crippen molar-refractivity contribution in [3.05, 3.63) is 35.7 Å². The maximum Gasteiger partial charge on any atom is 0.252 e. The molecule has 0 bridgehead atoms. The molecule has 1 saturated heterocycles. The molecule has 0 saturated carbocycles. The van der Waals surface area contributed by atoms with Gasteiger partial charge in [-0.25, -0.2) is 13.4 Å². The second kappa shape index (κ2) is 12.0. The van der Waals surface area contributed by atoms with Crippen LogP contribution in [0.5, 0.6) is 5.75 Å². The minimum absolute atomic E-state index is 0.0646. The Labute approximate surface area is 221 Å². The number of thiophene rings is 1. The van der Waals surface area contributed by atoms with E-state index in [-0.39, 0.29) is 12.5 Å². The molecule has 4 rings (SSSR count). The molecule has 1 aromatic carbocycles. The number of anilines is 1. The van der Waals surface area contributed by atoms with Crippen molar-refractivity contribution < 1.29 is 17.9 Å². The lowest BCUT2D eigenvalue weighted by Gasteiger charge is -2.34. The SMILES string of the molecule is CCOc1cccc2sc(N(CCN(CC)CC)C(=O)C3CCCN(S(=O)(=O)c4cccs4)C3)nc12. The summed E-state index contributed by atoms with van der Waals surface area (Å²) < 4.78 is 34.8. The van der Waals surface area contributed by atoms with E-state index in [2.05, 4.69) is 18.7 Å². The number of rotatable bonds is 11. The number of nitrogens with zero attached hydrogens (tertiary/aromatic N) is 4. The van der Waals surface area contributed by atoms with Gasteiger partial charge in [-0.1, -0.05) is 37.3 Å². The van der Waals surface area contributed by atoms with Gasteiger partial charge in [0.15, 0.2) is 5.13 Å². The molecular weight excluding hydrogens is 517 g/mol. The van der Waals surface area contributed by atoms with Gasteiger partial charge in [0.05, 0.1) is 17.2 Å². The van der Waals surface area contributed by atoms with Crippen LogP contribution in [0.3, 0.4) is 0 Å². The Morgan fingerprint density at radius 1 is 1.17 bits per heavy atom. The number of fused-ring (bicyclic) bond motifs is 1. The maximum atomic E-state index is 14.0. The first-order valence-corrected chi connectivity index (χ1v) is 15.6. The second-order valence-corrected chi connectivity index (χ2v) is 12.8. The zero-order valence-electron chi connectivity index (χ0n) is 21.1. The third-order valence-corrected chi connectivity index (χ3v) is 10.8. The zero-order chi connectivity index (χ0) is 25.7. The lowest BCUT2D eigenvalue weighted by Crippen LogP contribution is -2.48. The van der Waals surface area contributed by atoms with Gasteiger partial charge < -0.3 is 9.64 Å². The molecule has 196 valence electrons. The number of likely N-dealkylation sites (N-methyl/N-ethyl adjacent to an activating group) is 1. The summed E-state index contributed by atoms with van der Waals surface area (Å²) in [7, 11) is -3.60. The molecule has 2 aromatic heterocycles. The molecular formula is C25H34N4O4S3. The average Bonchev–Trinajstić information content (AvgIpc) is 3.58. The number of hydrogen-bond donors (Lipinski definition) is 0. The molecule has 11 heteroatoms. The summed E-state index contributed by atoms with van der Waals surface area (Å²) in [5.74, 6) is 0.230. The van der Waals surface area contributed by atoms with Crippen molar-refractivity contribution in [1.29, 1.82) is 0 Å². The molecule has 1 unspecified atom stereocenters. The van der Waals surface area contributed by atoms with Crippen LogP contribution in [0.15, 0.2) is 39.9 Å². The number of ether oxygens (including phenoxy) is 1. The number of carbonyl (C=O) groups excluding carboxylic acids is 1. The zero-order valence-corrected chi connectivity index (χ0v) is 23.5. The summed E-state index contributed by atoms with van der Waals surface area (Å²) in [6.45, 7) is 10.3. The van der Waals surface area contributed by atoms with E-state index >= 15 is 0 Å². The van der Waals surface area contributed by atoms with Crippen molar-refractivity contribution in [3.63, 3.8) is 0 Å². The van der Waals surface area contributed by atoms with E-state index < -0.39 is 15.9 Å². The van der Waals surface area contributed by atoms with Crippen LogP contribution >= 0.6 is 22.7 Å². The van der Waals surface area contributed by atoms with Crippen LogP contribution in [0.25, 0.3) is 10.2 Å². The van der Waals surface area contributed by atoms with Crippen LogP contribution in [-0.4, -0.2) is 74.4 Å². The standard InChI is InChI=1S/C25H34N4O4S3/c1-4-27(5-2)15-16-29(25-26-23-20(33-6-3)11-7-12-21(23)35-25)24(30)19-10-8-14-28(18-19)36(31,32)22-13-9-17-34-22/h7,9,11-13,17,19H,4-6,8,10,14-16,18H2,1-3H3. The van der Waals surface area contributed by atoms with Crippen LogP contribution in [0.1, 0.15) is 33.6 Å². The van der Waals surface area contributed by atoms with Crippen LogP contribution in [0.4, 0.5) is 5.13 Å². The van der Waals surface area contributed by atoms with E-state index in [1.54, 1.807) is 22.4 Å². The van der Waals surface area contributed by atoms with Crippen molar-refractivity contribution >= 4 is 54.0 Å². The first kappa shape index (κ1) is 27.0. The highest BCUT2D eigenvalue weighted by Crippen LogP contribution is 2.36. The van der Waals surface area contributed by atoms with Gasteiger partial charge in [-0.05, 0) is 56.4 Å². The fraction of sp³-hybridized carbons (Fsp3) is 0.520. The van der Waals surface area contributed by atoms with Gasteiger partial charge in [0, 0.05) is 26.2 Å². The number of benzene rings is 1. The Hall–Kier alpha value is -2.05. The van der Waals surface area contributed by atoms with Crippen LogP contribution in [0.2, 0.25) is 0 Å². The van der Waals surface area contributed by atoms with E-state index in [1.807, 2.05) is 25.1 Å². The Morgan fingerprint density at radius 3 is 2.67 bits per heavy atom. The molecule has 1 aliphatic heterocycles. The van der Waals surface area contributed by atoms with E-state index in [1.165, 1.54) is 27.0 Å². The fourth-order valence-electron chi connectivity index (χ4n) is 4.50. The Balaban J connectivity index is 1.62. The average molecular weight is 551 g/mol. The Bertz CT molecular complexity index is 1260. The predicted octanol–water partition coefficient (Wildman–Crippen LogP) is 4.53. The van der Waals surface area contributed by atoms with Gasteiger partial charge in [-0.2, -0.15) is 4.31 Å². The van der Waals surface area contributed by atoms with Crippen molar-refractivity contribution in [3.8, 4) is 5.75 Å². The summed E-state index contributed by atoms with van der Waals surface area (Å²) in [5, 5.41) is 2.39. The molecule has 1 amide bonds. The largest absolute Gasteiger partial charge is 0.492 e. The van der Waals surface area contributed by atoms with Crippen LogP contribution in [-0.2, 0) is 14.8 Å². The number of hydrogen-bond acceptors (Lipinski definition) is 8. The van der Waals surface area contributed by atoms with E-state index in [9.17, 15) is 13.2 Å². The summed E-state index contributed by atoms with van der Waals surface area (Å²) in [4.78, 5) is 22.8. The maximum absolute atomic E-state index is 14.0. The predicted molar refractivity (Wildman–Crippen MR) is 147 cm³/mol.